The number of piperidine rings is 1. The number of para-hydroxylation sites is 1. The summed E-state index contributed by atoms with van der Waals surface area (Å²) in [6.07, 6.45) is 5.30. The third kappa shape index (κ3) is 2.38. The van der Waals surface area contributed by atoms with E-state index in [0.29, 0.717) is 23.9 Å². The van der Waals surface area contributed by atoms with Crippen molar-refractivity contribution in [1.29, 1.82) is 0 Å². The maximum Gasteiger partial charge on any atom is 0.0551 e. The van der Waals surface area contributed by atoms with Gasteiger partial charge in [-0.25, -0.2) is 0 Å². The molecule has 0 aromatic heterocycles. The van der Waals surface area contributed by atoms with Crippen LogP contribution in [0.25, 0.3) is 0 Å². The van der Waals surface area contributed by atoms with Gasteiger partial charge in [0.2, 0.25) is 0 Å². The number of rotatable bonds is 2. The van der Waals surface area contributed by atoms with Crippen molar-refractivity contribution in [3.8, 4) is 0 Å². The Morgan fingerprint density at radius 2 is 1.32 bits per heavy atom. The molecule has 140 valence electrons. The van der Waals surface area contributed by atoms with Gasteiger partial charge in [0.1, 0.15) is 0 Å². The first-order valence-electron chi connectivity index (χ1n) is 10.9. The molecule has 1 aliphatic carbocycles. The third-order valence-electron chi connectivity index (χ3n) is 7.58. The average molecular weight is 366 g/mol. The smallest absolute Gasteiger partial charge is 0.0551 e. The van der Waals surface area contributed by atoms with Crippen molar-refractivity contribution in [3.63, 3.8) is 0 Å². The monoisotopic (exact) mass is 365 g/mol. The van der Waals surface area contributed by atoms with Crippen molar-refractivity contribution >= 4 is 5.69 Å². The van der Waals surface area contributed by atoms with Gasteiger partial charge in [0.15, 0.2) is 0 Å². The van der Waals surface area contributed by atoms with E-state index in [4.69, 9.17) is 0 Å². The maximum absolute atomic E-state index is 2.83. The summed E-state index contributed by atoms with van der Waals surface area (Å²) < 4.78 is 0. The van der Waals surface area contributed by atoms with Gasteiger partial charge in [-0.15, -0.1) is 0 Å². The van der Waals surface area contributed by atoms with Gasteiger partial charge in [-0.3, -0.25) is 0 Å². The quantitative estimate of drug-likeness (QED) is 0.489. The largest absolute Gasteiger partial charge is 0.360 e. The number of hydrogen-bond donors (Lipinski definition) is 0. The lowest BCUT2D eigenvalue weighted by Crippen LogP contribution is -2.51. The molecule has 2 aliphatic heterocycles. The fourth-order valence-electron chi connectivity index (χ4n) is 6.55. The zero-order valence-electron chi connectivity index (χ0n) is 16.2. The highest BCUT2D eigenvalue weighted by Crippen LogP contribution is 2.60. The first-order valence-corrected chi connectivity index (χ1v) is 10.9. The number of nitrogens with zero attached hydrogens (tertiary/aromatic N) is 1. The van der Waals surface area contributed by atoms with E-state index in [0.717, 1.165) is 5.92 Å². The van der Waals surface area contributed by atoms with Gasteiger partial charge < -0.3 is 4.90 Å². The van der Waals surface area contributed by atoms with E-state index in [9.17, 15) is 0 Å². The Bertz CT molecular complexity index is 964. The molecule has 3 aromatic rings. The maximum atomic E-state index is 2.83. The molecule has 0 amide bonds. The summed E-state index contributed by atoms with van der Waals surface area (Å²) in [4.78, 5) is 2.83. The summed E-state index contributed by atoms with van der Waals surface area (Å²) in [5, 5.41) is 0. The molecule has 28 heavy (non-hydrogen) atoms. The van der Waals surface area contributed by atoms with Crippen LogP contribution in [0.3, 0.4) is 0 Å². The highest BCUT2D eigenvalue weighted by atomic mass is 15.2. The zero-order valence-corrected chi connectivity index (χ0v) is 16.2. The van der Waals surface area contributed by atoms with Gasteiger partial charge in [0, 0.05) is 17.6 Å². The molecule has 1 saturated heterocycles. The summed E-state index contributed by atoms with van der Waals surface area (Å²) in [5.41, 5.74) is 6.13. The number of fused-ring (bicyclic) bond motifs is 3. The highest BCUT2D eigenvalue weighted by molar-refractivity contribution is 5.65. The SMILES string of the molecule is c1ccc([C@H]2C[C@@H](c3ccccc3)[C@@H]3CCC[C@H]4c5ccccc5N2[C@H]34)cc1. The fraction of sp³-hybridized carbons (Fsp3) is 0.333. The molecule has 3 aliphatic rings. The van der Waals surface area contributed by atoms with Gasteiger partial charge in [-0.05, 0) is 53.9 Å². The summed E-state index contributed by atoms with van der Waals surface area (Å²) in [5.74, 6) is 2.12. The second-order valence-corrected chi connectivity index (χ2v) is 8.84. The molecule has 2 heterocycles. The van der Waals surface area contributed by atoms with Crippen LogP contribution in [0.5, 0.6) is 0 Å². The molecule has 0 unspecified atom stereocenters. The van der Waals surface area contributed by atoms with Gasteiger partial charge >= 0.3 is 0 Å². The lowest BCUT2D eigenvalue weighted by atomic mass is 9.64. The van der Waals surface area contributed by atoms with Crippen molar-refractivity contribution in [2.45, 2.75) is 49.6 Å². The van der Waals surface area contributed by atoms with E-state index in [1.54, 1.807) is 11.1 Å². The normalized spacial score (nSPS) is 30.6. The molecule has 3 aromatic carbocycles. The third-order valence-corrected chi connectivity index (χ3v) is 7.58. The van der Waals surface area contributed by atoms with Crippen LogP contribution in [0, 0.1) is 5.92 Å². The minimum absolute atomic E-state index is 0.469. The van der Waals surface area contributed by atoms with Crippen molar-refractivity contribution in [2.24, 2.45) is 5.92 Å². The minimum Gasteiger partial charge on any atom is -0.360 e. The molecule has 0 bridgehead atoms. The van der Waals surface area contributed by atoms with Gasteiger partial charge in [0.05, 0.1) is 6.04 Å². The first-order chi connectivity index (χ1) is 13.9. The Kier molecular flexibility index (Phi) is 3.82. The van der Waals surface area contributed by atoms with Crippen LogP contribution in [0.1, 0.15) is 60.3 Å². The van der Waals surface area contributed by atoms with Crippen LogP contribution in [-0.2, 0) is 0 Å². The Morgan fingerprint density at radius 1 is 0.643 bits per heavy atom. The van der Waals surface area contributed by atoms with E-state index in [-0.39, 0.29) is 0 Å². The molecule has 0 radical (unpaired) electrons. The van der Waals surface area contributed by atoms with Gasteiger partial charge in [-0.2, -0.15) is 0 Å². The van der Waals surface area contributed by atoms with Crippen molar-refractivity contribution < 1.29 is 0 Å². The summed E-state index contributed by atoms with van der Waals surface area (Å²) in [6, 6.07) is 33.0. The number of anilines is 1. The molecule has 2 fully saturated rings. The van der Waals surface area contributed by atoms with Crippen LogP contribution in [-0.4, -0.2) is 6.04 Å². The molecular weight excluding hydrogens is 338 g/mol. The van der Waals surface area contributed by atoms with Crippen LogP contribution in [0.2, 0.25) is 0 Å². The Labute approximate surface area is 168 Å². The van der Waals surface area contributed by atoms with Gasteiger partial charge in [-0.1, -0.05) is 85.3 Å². The molecule has 0 spiro atoms. The molecule has 1 saturated carbocycles. The van der Waals surface area contributed by atoms with Gasteiger partial charge in [0.25, 0.3) is 0 Å². The average Bonchev–Trinajstić information content (AvgIpc) is 3.12. The Balaban J connectivity index is 1.52. The summed E-state index contributed by atoms with van der Waals surface area (Å²) in [6.45, 7) is 0. The fourth-order valence-corrected chi connectivity index (χ4v) is 6.55. The lowest BCUT2D eigenvalue weighted by molar-refractivity contribution is 0.176. The predicted octanol–water partition coefficient (Wildman–Crippen LogP) is 6.69. The van der Waals surface area contributed by atoms with E-state index < -0.39 is 0 Å². The summed E-state index contributed by atoms with van der Waals surface area (Å²) >= 11 is 0. The van der Waals surface area contributed by atoms with Crippen LogP contribution in [0.15, 0.2) is 84.9 Å². The Hall–Kier alpha value is -2.54. The van der Waals surface area contributed by atoms with E-state index in [2.05, 4.69) is 89.8 Å². The standard InChI is InChI=1S/C27H27N/c1-3-10-19(11-4-1)24-18-26(20-12-5-2-6-13-20)28-25-17-8-7-14-21(25)22-15-9-16-23(24)27(22)28/h1-8,10-14,17,22-24,26-27H,9,15-16,18H2/t22-,23-,24-,26+,27-/m0/s1. The second-order valence-electron chi connectivity index (χ2n) is 8.84. The topological polar surface area (TPSA) is 3.24 Å². The van der Waals surface area contributed by atoms with Crippen LogP contribution in [0.4, 0.5) is 5.69 Å². The van der Waals surface area contributed by atoms with Crippen molar-refractivity contribution in [3.05, 3.63) is 102 Å². The molecular formula is C27H27N. The van der Waals surface area contributed by atoms with Crippen molar-refractivity contribution in [1.82, 2.24) is 0 Å². The molecule has 6 rings (SSSR count). The van der Waals surface area contributed by atoms with Crippen LogP contribution < -0.4 is 4.90 Å². The molecule has 0 N–H and O–H groups in total. The number of hydrogen-bond acceptors (Lipinski definition) is 1. The van der Waals surface area contributed by atoms with E-state index >= 15 is 0 Å². The Morgan fingerprint density at radius 3 is 2.11 bits per heavy atom. The molecule has 5 atom stereocenters. The summed E-state index contributed by atoms with van der Waals surface area (Å²) in [7, 11) is 0. The molecule has 1 nitrogen and oxygen atoms in total. The number of benzene rings is 3. The van der Waals surface area contributed by atoms with Crippen LogP contribution >= 0.6 is 0 Å². The lowest BCUT2D eigenvalue weighted by Gasteiger charge is -2.52. The first kappa shape index (κ1) is 16.4. The predicted molar refractivity (Wildman–Crippen MR) is 116 cm³/mol. The molecule has 1 heteroatoms. The minimum atomic E-state index is 0.469. The van der Waals surface area contributed by atoms with E-state index in [1.165, 1.54) is 36.9 Å². The zero-order chi connectivity index (χ0) is 18.5. The van der Waals surface area contributed by atoms with E-state index in [1.807, 2.05) is 0 Å². The highest BCUT2D eigenvalue weighted by Gasteiger charge is 2.53. The second kappa shape index (κ2) is 6.51. The van der Waals surface area contributed by atoms with Crippen molar-refractivity contribution in [2.75, 3.05) is 4.90 Å².